The number of nitro groups is 1. The predicted molar refractivity (Wildman–Crippen MR) is 102 cm³/mol. The van der Waals surface area contributed by atoms with Crippen LogP contribution in [0.3, 0.4) is 0 Å². The summed E-state index contributed by atoms with van der Waals surface area (Å²) in [5.74, 6) is -0.568. The van der Waals surface area contributed by atoms with Crippen molar-refractivity contribution < 1.29 is 22.9 Å². The molecule has 2 rings (SSSR count). The van der Waals surface area contributed by atoms with Crippen LogP contribution in [-0.2, 0) is 14.8 Å². The van der Waals surface area contributed by atoms with Gasteiger partial charge >= 0.3 is 0 Å². The van der Waals surface area contributed by atoms with Gasteiger partial charge in [-0.15, -0.1) is 0 Å². The first-order chi connectivity index (χ1) is 12.6. The first-order valence-corrected chi connectivity index (χ1v) is 9.70. The quantitative estimate of drug-likeness (QED) is 0.550. The maximum Gasteiger partial charge on any atom is 0.271 e. The number of nitrogens with one attached hydrogen (secondary N) is 1. The SMILES string of the molecule is COc1ccc([N+](=O)[O-])cc1N(CC(=O)Nc1ccc(Cl)cc1)S(C)(=O)=O. The van der Waals surface area contributed by atoms with Crippen LogP contribution >= 0.6 is 11.6 Å². The van der Waals surface area contributed by atoms with Crippen molar-refractivity contribution in [1.29, 1.82) is 0 Å². The molecule has 9 nitrogen and oxygen atoms in total. The second-order valence-electron chi connectivity index (χ2n) is 5.44. The molecule has 2 aromatic rings. The summed E-state index contributed by atoms with van der Waals surface area (Å²) < 4.78 is 30.3. The number of rotatable bonds is 7. The van der Waals surface area contributed by atoms with Crippen LogP contribution in [-0.4, -0.2) is 39.2 Å². The first-order valence-electron chi connectivity index (χ1n) is 7.47. The Hall–Kier alpha value is -2.85. The fraction of sp³-hybridized carbons (Fsp3) is 0.188. The molecule has 144 valence electrons. The number of ether oxygens (including phenoxy) is 1. The molecule has 27 heavy (non-hydrogen) atoms. The molecule has 0 saturated carbocycles. The van der Waals surface area contributed by atoms with E-state index in [1.54, 1.807) is 24.3 Å². The molecule has 1 amide bonds. The van der Waals surface area contributed by atoms with E-state index in [9.17, 15) is 23.3 Å². The van der Waals surface area contributed by atoms with Crippen molar-refractivity contribution >= 4 is 44.6 Å². The van der Waals surface area contributed by atoms with Crippen LogP contribution in [0.1, 0.15) is 0 Å². The van der Waals surface area contributed by atoms with E-state index in [-0.39, 0.29) is 17.1 Å². The lowest BCUT2D eigenvalue weighted by molar-refractivity contribution is -0.384. The molecule has 0 radical (unpaired) electrons. The molecule has 0 aliphatic rings. The van der Waals surface area contributed by atoms with E-state index in [4.69, 9.17) is 16.3 Å². The Labute approximate surface area is 160 Å². The number of nitrogens with zero attached hydrogens (tertiary/aromatic N) is 2. The summed E-state index contributed by atoms with van der Waals surface area (Å²) in [4.78, 5) is 22.7. The number of halogens is 1. The summed E-state index contributed by atoms with van der Waals surface area (Å²) in [6, 6.07) is 9.72. The molecule has 0 atom stereocenters. The predicted octanol–water partition coefficient (Wildman–Crippen LogP) is 2.66. The normalized spacial score (nSPS) is 10.9. The van der Waals surface area contributed by atoms with Gasteiger partial charge in [-0.25, -0.2) is 8.42 Å². The number of methoxy groups -OCH3 is 1. The molecule has 1 N–H and O–H groups in total. The molecular formula is C16H16ClN3O6S. The number of sulfonamides is 1. The van der Waals surface area contributed by atoms with Crippen LogP contribution in [0.5, 0.6) is 5.75 Å². The number of non-ortho nitro benzene ring substituents is 1. The van der Waals surface area contributed by atoms with Gasteiger partial charge in [0, 0.05) is 22.8 Å². The summed E-state index contributed by atoms with van der Waals surface area (Å²) >= 11 is 5.78. The number of carbonyl (C=O) groups is 1. The van der Waals surface area contributed by atoms with Crippen molar-refractivity contribution in [3.05, 3.63) is 57.6 Å². The lowest BCUT2D eigenvalue weighted by Crippen LogP contribution is -2.37. The molecule has 0 aromatic heterocycles. The van der Waals surface area contributed by atoms with Gasteiger partial charge in [0.05, 0.1) is 18.3 Å². The molecule has 0 heterocycles. The van der Waals surface area contributed by atoms with Crippen LogP contribution in [0.2, 0.25) is 5.02 Å². The Morgan fingerprint density at radius 1 is 1.26 bits per heavy atom. The minimum Gasteiger partial charge on any atom is -0.495 e. The maximum absolute atomic E-state index is 12.3. The summed E-state index contributed by atoms with van der Waals surface area (Å²) in [5.41, 5.74) is -0.0260. The van der Waals surface area contributed by atoms with Crippen LogP contribution in [0.25, 0.3) is 0 Å². The topological polar surface area (TPSA) is 119 Å². The largest absolute Gasteiger partial charge is 0.495 e. The molecule has 0 spiro atoms. The third-order valence-electron chi connectivity index (χ3n) is 3.46. The molecule has 0 aliphatic heterocycles. The molecule has 0 bridgehead atoms. The Balaban J connectivity index is 2.36. The third-order valence-corrected chi connectivity index (χ3v) is 4.84. The lowest BCUT2D eigenvalue weighted by Gasteiger charge is -2.23. The van der Waals surface area contributed by atoms with Gasteiger partial charge in [-0.2, -0.15) is 0 Å². The van der Waals surface area contributed by atoms with E-state index in [0.717, 1.165) is 16.6 Å². The van der Waals surface area contributed by atoms with E-state index in [0.29, 0.717) is 10.7 Å². The Kier molecular flexibility index (Phi) is 6.24. The van der Waals surface area contributed by atoms with Gasteiger partial charge in [0.2, 0.25) is 15.9 Å². The smallest absolute Gasteiger partial charge is 0.271 e. The maximum atomic E-state index is 12.3. The second-order valence-corrected chi connectivity index (χ2v) is 7.78. The average molecular weight is 414 g/mol. The number of amides is 1. The van der Waals surface area contributed by atoms with E-state index < -0.39 is 27.4 Å². The zero-order chi connectivity index (χ0) is 20.2. The van der Waals surface area contributed by atoms with Gasteiger partial charge in [-0.3, -0.25) is 19.2 Å². The zero-order valence-electron chi connectivity index (χ0n) is 14.4. The van der Waals surface area contributed by atoms with Gasteiger partial charge in [0.25, 0.3) is 5.69 Å². The van der Waals surface area contributed by atoms with Crippen molar-refractivity contribution in [2.75, 3.05) is 29.5 Å². The van der Waals surface area contributed by atoms with Crippen molar-refractivity contribution in [2.24, 2.45) is 0 Å². The Bertz CT molecular complexity index is 963. The van der Waals surface area contributed by atoms with E-state index in [1.165, 1.54) is 19.2 Å². The Morgan fingerprint density at radius 2 is 1.89 bits per heavy atom. The molecule has 0 aliphatic carbocycles. The summed E-state index contributed by atoms with van der Waals surface area (Å²) in [6.07, 6.45) is 0.890. The molecular weight excluding hydrogens is 398 g/mol. The number of nitro benzene ring substituents is 1. The monoisotopic (exact) mass is 413 g/mol. The van der Waals surface area contributed by atoms with Gasteiger partial charge in [-0.1, -0.05) is 11.6 Å². The van der Waals surface area contributed by atoms with Crippen molar-refractivity contribution in [1.82, 2.24) is 0 Å². The molecule has 0 saturated heterocycles. The van der Waals surface area contributed by atoms with Gasteiger partial charge in [0.1, 0.15) is 18.0 Å². The first kappa shape index (κ1) is 20.5. The summed E-state index contributed by atoms with van der Waals surface area (Å²) in [5, 5.41) is 14.0. The van der Waals surface area contributed by atoms with Crippen molar-refractivity contribution in [3.63, 3.8) is 0 Å². The van der Waals surface area contributed by atoms with Crippen LogP contribution in [0.15, 0.2) is 42.5 Å². The minimum atomic E-state index is -3.94. The number of anilines is 2. The average Bonchev–Trinajstić information content (AvgIpc) is 2.60. The highest BCUT2D eigenvalue weighted by molar-refractivity contribution is 7.92. The van der Waals surface area contributed by atoms with Gasteiger partial charge in [-0.05, 0) is 30.3 Å². The third kappa shape index (κ3) is 5.31. The summed E-state index contributed by atoms with van der Waals surface area (Å²) in [7, 11) is -2.65. The Morgan fingerprint density at radius 3 is 2.41 bits per heavy atom. The van der Waals surface area contributed by atoms with E-state index in [1.807, 2.05) is 0 Å². The zero-order valence-corrected chi connectivity index (χ0v) is 16.0. The van der Waals surface area contributed by atoms with Gasteiger partial charge < -0.3 is 10.1 Å². The van der Waals surface area contributed by atoms with Crippen LogP contribution in [0, 0.1) is 10.1 Å². The highest BCUT2D eigenvalue weighted by atomic mass is 35.5. The van der Waals surface area contributed by atoms with Crippen LogP contribution < -0.4 is 14.4 Å². The molecule has 0 fully saturated rings. The summed E-state index contributed by atoms with van der Waals surface area (Å²) in [6.45, 7) is -0.598. The fourth-order valence-corrected chi connectivity index (χ4v) is 3.21. The van der Waals surface area contributed by atoms with E-state index >= 15 is 0 Å². The molecule has 2 aromatic carbocycles. The minimum absolute atomic E-state index is 0.0744. The number of hydrogen-bond acceptors (Lipinski definition) is 6. The lowest BCUT2D eigenvalue weighted by atomic mass is 10.2. The number of benzene rings is 2. The number of carbonyl (C=O) groups excluding carboxylic acids is 1. The highest BCUT2D eigenvalue weighted by Gasteiger charge is 2.26. The van der Waals surface area contributed by atoms with Gasteiger partial charge in [0.15, 0.2) is 0 Å². The highest BCUT2D eigenvalue weighted by Crippen LogP contribution is 2.33. The van der Waals surface area contributed by atoms with Crippen LogP contribution in [0.4, 0.5) is 17.1 Å². The molecule has 0 unspecified atom stereocenters. The standard InChI is InChI=1S/C16H16ClN3O6S/c1-26-15-8-7-13(20(22)23)9-14(15)19(27(2,24)25)10-16(21)18-12-5-3-11(17)4-6-12/h3-9H,10H2,1-2H3,(H,18,21). The fourth-order valence-electron chi connectivity index (χ4n) is 2.23. The van der Waals surface area contributed by atoms with Crippen molar-refractivity contribution in [3.8, 4) is 5.75 Å². The molecule has 11 heteroatoms. The van der Waals surface area contributed by atoms with Crippen molar-refractivity contribution in [2.45, 2.75) is 0 Å². The number of hydrogen-bond donors (Lipinski definition) is 1. The van der Waals surface area contributed by atoms with E-state index in [2.05, 4.69) is 5.32 Å². The second kappa shape index (κ2) is 8.23.